The van der Waals surface area contributed by atoms with Crippen molar-refractivity contribution in [2.75, 3.05) is 0 Å². The van der Waals surface area contributed by atoms with Crippen molar-refractivity contribution < 1.29 is 4.42 Å². The van der Waals surface area contributed by atoms with E-state index >= 15 is 0 Å². The SMILES string of the molecule is c1ccc(-c2ccc3c4ccccc4n(-c4cccc5c4oc4c(-n6c7ccccc7c7ccccc76)c(-c6nc(-c7ccccc7)nc(-c7ccccc7)n6)ccc45)c3c2)cc1. The number of aromatic nitrogens is 5. The van der Waals surface area contributed by atoms with Crippen molar-refractivity contribution >= 4 is 65.6 Å². The van der Waals surface area contributed by atoms with E-state index in [4.69, 9.17) is 19.4 Å². The fourth-order valence-electron chi connectivity index (χ4n) is 9.54. The Morgan fingerprint density at radius 1 is 0.302 bits per heavy atom. The summed E-state index contributed by atoms with van der Waals surface area (Å²) >= 11 is 0. The minimum atomic E-state index is 0.554. The van der Waals surface area contributed by atoms with Gasteiger partial charge in [-0.2, -0.15) is 0 Å². The minimum absolute atomic E-state index is 0.554. The van der Waals surface area contributed by atoms with Crippen molar-refractivity contribution in [1.29, 1.82) is 0 Å². The summed E-state index contributed by atoms with van der Waals surface area (Å²) in [6, 6.07) is 74.3. The van der Waals surface area contributed by atoms with Gasteiger partial charge in [0.1, 0.15) is 5.69 Å². The van der Waals surface area contributed by atoms with Crippen LogP contribution >= 0.6 is 0 Å². The van der Waals surface area contributed by atoms with Gasteiger partial charge in [0, 0.05) is 49.0 Å². The first kappa shape index (κ1) is 35.2. The quantitative estimate of drug-likeness (QED) is 0.168. The molecule has 63 heavy (non-hydrogen) atoms. The number of nitrogens with zero attached hydrogens (tertiary/aromatic N) is 5. The Morgan fingerprint density at radius 3 is 1.37 bits per heavy atom. The molecule has 0 amide bonds. The molecule has 4 aromatic heterocycles. The van der Waals surface area contributed by atoms with Crippen LogP contribution in [0.4, 0.5) is 0 Å². The highest BCUT2D eigenvalue weighted by atomic mass is 16.3. The molecule has 0 aliphatic heterocycles. The summed E-state index contributed by atoms with van der Waals surface area (Å²) in [5, 5.41) is 6.69. The number of hydrogen-bond donors (Lipinski definition) is 0. The molecule has 0 aliphatic rings. The lowest BCUT2D eigenvalue weighted by Gasteiger charge is -2.15. The second-order valence-corrected chi connectivity index (χ2v) is 16.0. The summed E-state index contributed by atoms with van der Waals surface area (Å²) in [6.07, 6.45) is 0. The van der Waals surface area contributed by atoms with Gasteiger partial charge in [-0.1, -0.05) is 170 Å². The van der Waals surface area contributed by atoms with Gasteiger partial charge in [-0.25, -0.2) is 15.0 Å². The van der Waals surface area contributed by atoms with Gasteiger partial charge in [-0.15, -0.1) is 0 Å². The van der Waals surface area contributed by atoms with E-state index in [1.54, 1.807) is 0 Å². The Morgan fingerprint density at radius 2 is 0.762 bits per heavy atom. The van der Waals surface area contributed by atoms with Crippen LogP contribution < -0.4 is 0 Å². The molecule has 6 heteroatoms. The van der Waals surface area contributed by atoms with Crippen LogP contribution in [0.15, 0.2) is 217 Å². The van der Waals surface area contributed by atoms with Crippen molar-refractivity contribution in [3.8, 4) is 56.7 Å². The summed E-state index contributed by atoms with van der Waals surface area (Å²) in [6.45, 7) is 0. The highest BCUT2D eigenvalue weighted by Crippen LogP contribution is 2.45. The first-order valence-electron chi connectivity index (χ1n) is 21.2. The minimum Gasteiger partial charge on any atom is -0.452 e. The van der Waals surface area contributed by atoms with Gasteiger partial charge in [0.2, 0.25) is 0 Å². The van der Waals surface area contributed by atoms with Crippen molar-refractivity contribution in [3.05, 3.63) is 212 Å². The molecule has 0 unspecified atom stereocenters. The zero-order chi connectivity index (χ0) is 41.4. The van der Waals surface area contributed by atoms with Crippen LogP contribution in [-0.4, -0.2) is 24.1 Å². The maximum absolute atomic E-state index is 7.45. The Labute approximate surface area is 361 Å². The Hall–Kier alpha value is -8.61. The van der Waals surface area contributed by atoms with Gasteiger partial charge in [-0.3, -0.25) is 0 Å². The smallest absolute Gasteiger partial charge is 0.166 e. The van der Waals surface area contributed by atoms with Crippen LogP contribution in [0.5, 0.6) is 0 Å². The van der Waals surface area contributed by atoms with E-state index in [-0.39, 0.29) is 0 Å². The van der Waals surface area contributed by atoms with Crippen LogP contribution in [0.25, 0.3) is 122 Å². The van der Waals surface area contributed by atoms with Gasteiger partial charge in [0.25, 0.3) is 0 Å². The number of benzene rings is 9. The molecular weight excluding hydrogens is 771 g/mol. The molecule has 0 atom stereocenters. The topological polar surface area (TPSA) is 61.7 Å². The van der Waals surface area contributed by atoms with Crippen LogP contribution in [0.2, 0.25) is 0 Å². The third-order valence-corrected chi connectivity index (χ3v) is 12.4. The highest BCUT2D eigenvalue weighted by molar-refractivity contribution is 6.17. The summed E-state index contributed by atoms with van der Waals surface area (Å²) in [5.74, 6) is 1.75. The van der Waals surface area contributed by atoms with Crippen LogP contribution in [-0.2, 0) is 0 Å². The lowest BCUT2D eigenvalue weighted by Crippen LogP contribution is -2.04. The normalized spacial score (nSPS) is 11.8. The van der Waals surface area contributed by atoms with Crippen molar-refractivity contribution in [1.82, 2.24) is 24.1 Å². The van der Waals surface area contributed by atoms with Crippen molar-refractivity contribution in [3.63, 3.8) is 0 Å². The van der Waals surface area contributed by atoms with Crippen molar-refractivity contribution in [2.24, 2.45) is 0 Å². The monoisotopic (exact) mass is 805 g/mol. The molecular formula is C57H35N5O. The number of furan rings is 1. The van der Waals surface area contributed by atoms with Gasteiger partial charge in [0.05, 0.1) is 27.8 Å². The molecule has 0 spiro atoms. The van der Waals surface area contributed by atoms with Gasteiger partial charge in [0.15, 0.2) is 28.6 Å². The molecule has 0 fully saturated rings. The first-order chi connectivity index (χ1) is 31.3. The zero-order valence-electron chi connectivity index (χ0n) is 33.9. The standard InChI is InChI=1S/C57H35N5O/c1-4-17-36(18-5-1)39-31-32-43-42-25-10-13-27-47(42)61(51(43)35-39)50-30-16-26-44-45-33-34-46(57-59-55(37-19-6-2-7-20-37)58-56(60-57)38-21-8-3-9-22-38)52(54(45)63-53(44)50)62-48-28-14-11-23-40(48)41-24-12-15-29-49(41)62/h1-35H. The molecule has 294 valence electrons. The fraction of sp³-hybridized carbons (Fsp3) is 0. The van der Waals surface area contributed by atoms with Crippen LogP contribution in [0.3, 0.4) is 0 Å². The second kappa shape index (κ2) is 14.0. The Kier molecular flexibility index (Phi) is 7.80. The molecule has 6 nitrogen and oxygen atoms in total. The molecule has 0 N–H and O–H groups in total. The van der Waals surface area contributed by atoms with Gasteiger partial charge in [-0.05, 0) is 53.6 Å². The van der Waals surface area contributed by atoms with E-state index in [9.17, 15) is 0 Å². The molecule has 4 heterocycles. The fourth-order valence-corrected chi connectivity index (χ4v) is 9.54. The molecule has 0 bridgehead atoms. The highest BCUT2D eigenvalue weighted by Gasteiger charge is 2.26. The average Bonchev–Trinajstić information content (AvgIpc) is 4.02. The van der Waals surface area contributed by atoms with E-state index in [0.29, 0.717) is 17.5 Å². The van der Waals surface area contributed by atoms with E-state index in [1.165, 1.54) is 16.3 Å². The number of para-hydroxylation sites is 4. The summed E-state index contributed by atoms with van der Waals surface area (Å²) in [7, 11) is 0. The Balaban J connectivity index is 1.15. The summed E-state index contributed by atoms with van der Waals surface area (Å²) in [5.41, 5.74) is 12.7. The van der Waals surface area contributed by atoms with Crippen LogP contribution in [0.1, 0.15) is 0 Å². The molecule has 0 radical (unpaired) electrons. The second-order valence-electron chi connectivity index (χ2n) is 16.0. The number of hydrogen-bond acceptors (Lipinski definition) is 4. The van der Waals surface area contributed by atoms with Gasteiger partial charge >= 0.3 is 0 Å². The first-order valence-corrected chi connectivity index (χ1v) is 21.2. The lowest BCUT2D eigenvalue weighted by atomic mass is 10.0. The number of rotatable bonds is 6. The molecule has 0 aliphatic carbocycles. The molecule has 13 aromatic rings. The summed E-state index contributed by atoms with van der Waals surface area (Å²) < 4.78 is 12.2. The summed E-state index contributed by atoms with van der Waals surface area (Å²) in [4.78, 5) is 15.6. The predicted molar refractivity (Wildman–Crippen MR) is 258 cm³/mol. The third-order valence-electron chi connectivity index (χ3n) is 12.4. The van der Waals surface area contributed by atoms with E-state index in [2.05, 4.69) is 161 Å². The lowest BCUT2D eigenvalue weighted by molar-refractivity contribution is 0.664. The maximum Gasteiger partial charge on any atom is 0.166 e. The van der Waals surface area contributed by atoms with E-state index in [0.717, 1.165) is 88.4 Å². The molecule has 9 aromatic carbocycles. The van der Waals surface area contributed by atoms with Gasteiger partial charge < -0.3 is 13.6 Å². The van der Waals surface area contributed by atoms with E-state index < -0.39 is 0 Å². The predicted octanol–water partition coefficient (Wildman–Crippen LogP) is 14.6. The third kappa shape index (κ3) is 5.48. The largest absolute Gasteiger partial charge is 0.452 e. The molecule has 0 saturated heterocycles. The van der Waals surface area contributed by atoms with Crippen LogP contribution in [0, 0.1) is 0 Å². The molecule has 0 saturated carbocycles. The Bertz CT molecular complexity index is 3790. The zero-order valence-corrected chi connectivity index (χ0v) is 33.9. The maximum atomic E-state index is 7.45. The average molecular weight is 806 g/mol. The number of fused-ring (bicyclic) bond motifs is 9. The van der Waals surface area contributed by atoms with Crippen molar-refractivity contribution in [2.45, 2.75) is 0 Å². The molecule has 13 rings (SSSR count). The van der Waals surface area contributed by atoms with E-state index in [1.807, 2.05) is 60.7 Å².